The number of nitrogens with one attached hydrogen (secondary N) is 3. The van der Waals surface area contributed by atoms with Gasteiger partial charge in [-0.2, -0.15) is 0 Å². The van der Waals surface area contributed by atoms with Crippen LogP contribution in [0.4, 0.5) is 11.4 Å². The molecule has 1 saturated heterocycles. The van der Waals surface area contributed by atoms with E-state index in [4.69, 9.17) is 4.74 Å². The molecular formula is C22H23N5O3. The first-order valence-electron chi connectivity index (χ1n) is 10.4. The molecule has 8 nitrogen and oxygen atoms in total. The molecule has 0 spiro atoms. The van der Waals surface area contributed by atoms with Crippen LogP contribution < -0.4 is 20.9 Å². The van der Waals surface area contributed by atoms with Crippen LogP contribution >= 0.6 is 0 Å². The topological polar surface area (TPSA) is 91.4 Å². The number of carbonyl (C=O) groups is 1. The van der Waals surface area contributed by atoms with Crippen LogP contribution in [0.3, 0.4) is 0 Å². The SMILES string of the molecule is C[C@@H]1C[C@H]2CN1CCn1[nH]c3c(cccc3c1=O)C1Nc3c(cccc3O2)NC1=O. The van der Waals surface area contributed by atoms with Crippen molar-refractivity contribution in [3.8, 4) is 5.75 Å². The van der Waals surface area contributed by atoms with Crippen molar-refractivity contribution < 1.29 is 9.53 Å². The summed E-state index contributed by atoms with van der Waals surface area (Å²) in [6.45, 7) is 4.33. The number of benzene rings is 2. The molecule has 6 bridgehead atoms. The van der Waals surface area contributed by atoms with Crippen LogP contribution in [0.5, 0.6) is 5.75 Å². The quantitative estimate of drug-likeness (QED) is 0.534. The van der Waals surface area contributed by atoms with Gasteiger partial charge in [0.2, 0.25) is 0 Å². The highest BCUT2D eigenvalue weighted by Gasteiger charge is 2.34. The van der Waals surface area contributed by atoms with E-state index in [-0.39, 0.29) is 17.6 Å². The van der Waals surface area contributed by atoms with Crippen molar-refractivity contribution in [3.63, 3.8) is 0 Å². The van der Waals surface area contributed by atoms with E-state index in [0.717, 1.165) is 36.5 Å². The normalized spacial score (nSPS) is 27.3. The number of hydrogen-bond donors (Lipinski definition) is 3. The maximum absolute atomic E-state index is 13.0. The number of hydrogen-bond acceptors (Lipinski definition) is 5. The molecule has 1 amide bonds. The van der Waals surface area contributed by atoms with Crippen LogP contribution in [0.25, 0.3) is 10.9 Å². The van der Waals surface area contributed by atoms with Gasteiger partial charge in [-0.1, -0.05) is 18.2 Å². The first kappa shape index (κ1) is 17.6. The third-order valence-electron chi connectivity index (χ3n) is 6.53. The second-order valence-electron chi connectivity index (χ2n) is 8.40. The lowest BCUT2D eigenvalue weighted by atomic mass is 10.00. The fourth-order valence-corrected chi connectivity index (χ4v) is 4.97. The van der Waals surface area contributed by atoms with Gasteiger partial charge in [0.15, 0.2) is 0 Å². The Balaban J connectivity index is 1.56. The van der Waals surface area contributed by atoms with Gasteiger partial charge in [0, 0.05) is 31.1 Å². The Labute approximate surface area is 172 Å². The van der Waals surface area contributed by atoms with Gasteiger partial charge in [-0.15, -0.1) is 0 Å². The first-order chi connectivity index (χ1) is 14.6. The van der Waals surface area contributed by atoms with Gasteiger partial charge in [-0.25, -0.2) is 0 Å². The monoisotopic (exact) mass is 405 g/mol. The van der Waals surface area contributed by atoms with E-state index in [1.54, 1.807) is 4.68 Å². The minimum Gasteiger partial charge on any atom is -0.487 e. The van der Waals surface area contributed by atoms with Crippen LogP contribution in [0.2, 0.25) is 0 Å². The molecule has 2 aromatic carbocycles. The number of carbonyl (C=O) groups excluding carboxylic acids is 1. The number of ether oxygens (including phenoxy) is 1. The van der Waals surface area contributed by atoms with Crippen LogP contribution in [-0.2, 0) is 11.3 Å². The molecule has 4 atom stereocenters. The number of fused-ring (bicyclic) bond motifs is 5. The summed E-state index contributed by atoms with van der Waals surface area (Å²) in [6.07, 6.45) is 0.981. The van der Waals surface area contributed by atoms with E-state index in [1.807, 2.05) is 36.4 Å². The molecule has 1 aromatic heterocycles. The van der Waals surface area contributed by atoms with E-state index in [9.17, 15) is 9.59 Å². The highest BCUT2D eigenvalue weighted by molar-refractivity contribution is 6.06. The number of para-hydroxylation sites is 2. The Morgan fingerprint density at radius 3 is 2.87 bits per heavy atom. The van der Waals surface area contributed by atoms with Crippen molar-refractivity contribution in [2.75, 3.05) is 23.7 Å². The predicted molar refractivity (Wildman–Crippen MR) is 114 cm³/mol. The molecule has 30 heavy (non-hydrogen) atoms. The fraction of sp³-hybridized carbons (Fsp3) is 0.364. The summed E-state index contributed by atoms with van der Waals surface area (Å²) in [4.78, 5) is 28.3. The zero-order chi connectivity index (χ0) is 20.4. The zero-order valence-corrected chi connectivity index (χ0v) is 16.6. The van der Waals surface area contributed by atoms with Crippen LogP contribution in [0.15, 0.2) is 41.2 Å². The number of H-pyrrole nitrogens is 1. The number of rotatable bonds is 0. The van der Waals surface area contributed by atoms with Gasteiger partial charge < -0.3 is 15.4 Å². The number of nitrogens with zero attached hydrogens (tertiary/aromatic N) is 2. The molecule has 3 aliphatic rings. The van der Waals surface area contributed by atoms with Crippen LogP contribution in [-0.4, -0.2) is 45.8 Å². The highest BCUT2D eigenvalue weighted by atomic mass is 16.5. The molecule has 8 heteroatoms. The van der Waals surface area contributed by atoms with Gasteiger partial charge in [0.1, 0.15) is 23.6 Å². The fourth-order valence-electron chi connectivity index (χ4n) is 4.97. The molecule has 1 fully saturated rings. The molecule has 6 rings (SSSR count). The number of aromatic nitrogens is 2. The summed E-state index contributed by atoms with van der Waals surface area (Å²) in [6, 6.07) is 11.0. The molecule has 3 aromatic rings. The average Bonchev–Trinajstić information content (AvgIpc) is 3.25. The summed E-state index contributed by atoms with van der Waals surface area (Å²) in [5.74, 6) is 0.584. The Morgan fingerprint density at radius 1 is 1.10 bits per heavy atom. The summed E-state index contributed by atoms with van der Waals surface area (Å²) >= 11 is 0. The minimum atomic E-state index is -0.626. The van der Waals surface area contributed by atoms with Crippen molar-refractivity contribution in [1.82, 2.24) is 14.7 Å². The van der Waals surface area contributed by atoms with E-state index in [0.29, 0.717) is 29.2 Å². The van der Waals surface area contributed by atoms with Crippen molar-refractivity contribution in [2.24, 2.45) is 0 Å². The molecule has 0 aliphatic carbocycles. The number of aromatic amines is 1. The van der Waals surface area contributed by atoms with E-state index in [1.165, 1.54) is 0 Å². The number of amides is 1. The van der Waals surface area contributed by atoms with Crippen molar-refractivity contribution in [3.05, 3.63) is 52.3 Å². The molecule has 154 valence electrons. The van der Waals surface area contributed by atoms with Gasteiger partial charge in [0.05, 0.1) is 23.1 Å². The lowest BCUT2D eigenvalue weighted by molar-refractivity contribution is -0.117. The average molecular weight is 405 g/mol. The van der Waals surface area contributed by atoms with Gasteiger partial charge >= 0.3 is 0 Å². The third kappa shape index (κ3) is 2.56. The third-order valence-corrected chi connectivity index (χ3v) is 6.53. The van der Waals surface area contributed by atoms with Crippen LogP contribution in [0.1, 0.15) is 24.9 Å². The zero-order valence-electron chi connectivity index (χ0n) is 16.6. The molecule has 2 unspecified atom stereocenters. The molecule has 0 radical (unpaired) electrons. The summed E-state index contributed by atoms with van der Waals surface area (Å²) in [7, 11) is 0. The Morgan fingerprint density at radius 2 is 1.97 bits per heavy atom. The number of anilines is 2. The molecule has 3 aliphatic heterocycles. The molecule has 0 saturated carbocycles. The summed E-state index contributed by atoms with van der Waals surface area (Å²) in [5.41, 5.74) is 2.88. The molecule has 3 N–H and O–H groups in total. The largest absolute Gasteiger partial charge is 0.487 e. The van der Waals surface area contributed by atoms with Gasteiger partial charge in [-0.05, 0) is 25.1 Å². The van der Waals surface area contributed by atoms with Gasteiger partial charge in [-0.3, -0.25) is 24.3 Å². The summed E-state index contributed by atoms with van der Waals surface area (Å²) in [5, 5.41) is 10.2. The van der Waals surface area contributed by atoms with E-state index >= 15 is 0 Å². The standard InChI is InChI=1S/C22H23N5O3/c1-12-10-13-11-26(12)8-9-27-22(29)15-5-2-4-14(18(15)25-27)19-21(28)23-16-6-3-7-17(30-13)20(16)24-19/h2-7,12-13,19,24-25H,8-11H2,1H3,(H,23,28)/t12-,13+,19?/m1/s1. The molecular weight excluding hydrogens is 382 g/mol. The van der Waals surface area contributed by atoms with E-state index < -0.39 is 6.04 Å². The highest BCUT2D eigenvalue weighted by Crippen LogP contribution is 2.41. The molecule has 4 heterocycles. The Kier molecular flexibility index (Phi) is 3.73. The predicted octanol–water partition coefficient (Wildman–Crippen LogP) is 2.29. The van der Waals surface area contributed by atoms with Gasteiger partial charge in [0.25, 0.3) is 11.5 Å². The second-order valence-corrected chi connectivity index (χ2v) is 8.40. The lowest BCUT2D eigenvalue weighted by Crippen LogP contribution is -2.34. The van der Waals surface area contributed by atoms with Crippen molar-refractivity contribution in [2.45, 2.75) is 38.1 Å². The summed E-state index contributed by atoms with van der Waals surface area (Å²) < 4.78 is 8.05. The maximum atomic E-state index is 13.0. The first-order valence-corrected chi connectivity index (χ1v) is 10.4. The second kappa shape index (κ2) is 6.37. The van der Waals surface area contributed by atoms with E-state index in [2.05, 4.69) is 27.6 Å². The van der Waals surface area contributed by atoms with Crippen molar-refractivity contribution in [1.29, 1.82) is 0 Å². The lowest BCUT2D eigenvalue weighted by Gasteiger charge is -2.29. The maximum Gasteiger partial charge on any atom is 0.274 e. The Hall–Kier alpha value is -3.26. The minimum absolute atomic E-state index is 0.0568. The van der Waals surface area contributed by atoms with Crippen molar-refractivity contribution >= 4 is 28.2 Å². The Bertz CT molecular complexity index is 1230. The smallest absolute Gasteiger partial charge is 0.274 e. The van der Waals surface area contributed by atoms with Crippen LogP contribution in [0, 0.1) is 0 Å².